The molecule has 1 aliphatic carbocycles. The smallest absolute Gasteiger partial charge is 0.0850 e. The Bertz CT molecular complexity index is 148. The fourth-order valence-corrected chi connectivity index (χ4v) is 1.55. The van der Waals surface area contributed by atoms with Crippen molar-refractivity contribution in [2.24, 2.45) is 0 Å². The summed E-state index contributed by atoms with van der Waals surface area (Å²) in [5.41, 5.74) is 1.64. The van der Waals surface area contributed by atoms with Crippen LogP contribution in [0.2, 0.25) is 18.5 Å². The van der Waals surface area contributed by atoms with Gasteiger partial charge < -0.3 is 0 Å². The van der Waals surface area contributed by atoms with Crippen LogP contribution in [-0.4, -0.2) is 6.71 Å². The Labute approximate surface area is 44.7 Å². The van der Waals surface area contributed by atoms with Gasteiger partial charge in [0.2, 0.25) is 0 Å². The van der Waals surface area contributed by atoms with Crippen molar-refractivity contribution in [2.45, 2.75) is 25.4 Å². The fourth-order valence-electron chi connectivity index (χ4n) is 1.55. The standard InChI is InChI=1S/C6H9B/c1-5-3-6(5)4-7(6)2/h3H,4H2,1-2H3. The van der Waals surface area contributed by atoms with Gasteiger partial charge in [-0.2, -0.15) is 0 Å². The van der Waals surface area contributed by atoms with Gasteiger partial charge in [-0.15, -0.1) is 0 Å². The lowest BCUT2D eigenvalue weighted by molar-refractivity contribution is 1.20. The molecule has 1 atom stereocenters. The third-order valence-corrected chi connectivity index (χ3v) is 2.49. The number of hydrogen-bond donors (Lipinski definition) is 0. The molecule has 1 heteroatoms. The molecule has 0 N–H and O–H groups in total. The van der Waals surface area contributed by atoms with Gasteiger partial charge in [-0.1, -0.05) is 24.8 Å². The van der Waals surface area contributed by atoms with Crippen molar-refractivity contribution < 1.29 is 0 Å². The molecule has 0 saturated carbocycles. The van der Waals surface area contributed by atoms with Crippen molar-refractivity contribution in [1.82, 2.24) is 0 Å². The van der Waals surface area contributed by atoms with Crippen LogP contribution in [0.4, 0.5) is 0 Å². The summed E-state index contributed by atoms with van der Waals surface area (Å²) in [7, 11) is 0. The first-order valence-corrected chi connectivity index (χ1v) is 2.96. The van der Waals surface area contributed by atoms with Gasteiger partial charge in [-0.25, -0.2) is 0 Å². The van der Waals surface area contributed by atoms with Gasteiger partial charge in [0.05, 0.1) is 0 Å². The quantitative estimate of drug-likeness (QED) is 0.315. The summed E-state index contributed by atoms with van der Waals surface area (Å²) < 4.78 is 0. The van der Waals surface area contributed by atoms with Crippen molar-refractivity contribution in [3.63, 3.8) is 0 Å². The number of rotatable bonds is 0. The molecule has 0 bridgehead atoms. The first kappa shape index (κ1) is 3.76. The molecule has 0 amide bonds. The molecule has 1 aliphatic heterocycles. The highest BCUT2D eigenvalue weighted by atomic mass is 14.5. The highest BCUT2D eigenvalue weighted by Crippen LogP contribution is 2.71. The molecule has 1 unspecified atom stereocenters. The number of hydrogen-bond acceptors (Lipinski definition) is 0. The highest BCUT2D eigenvalue weighted by Gasteiger charge is 2.60. The first-order valence-electron chi connectivity index (χ1n) is 2.96. The maximum atomic E-state index is 2.40. The lowest BCUT2D eigenvalue weighted by atomic mass is 9.68. The van der Waals surface area contributed by atoms with Gasteiger partial charge in [-0.3, -0.25) is 0 Å². The van der Waals surface area contributed by atoms with Gasteiger partial charge in [-0.05, 0) is 12.2 Å². The van der Waals surface area contributed by atoms with Crippen LogP contribution in [0.25, 0.3) is 0 Å². The van der Waals surface area contributed by atoms with Crippen LogP contribution in [0.5, 0.6) is 0 Å². The molecule has 1 fully saturated rings. The van der Waals surface area contributed by atoms with Gasteiger partial charge in [0, 0.05) is 0 Å². The molecular formula is C6H9B. The van der Waals surface area contributed by atoms with Crippen LogP contribution in [0.3, 0.4) is 0 Å². The molecule has 7 heavy (non-hydrogen) atoms. The van der Waals surface area contributed by atoms with Crippen molar-refractivity contribution >= 4 is 6.71 Å². The van der Waals surface area contributed by atoms with E-state index in [1.807, 2.05) is 0 Å². The van der Waals surface area contributed by atoms with E-state index in [0.29, 0.717) is 5.31 Å². The minimum atomic E-state index is 0.708. The Morgan fingerprint density at radius 3 is 2.29 bits per heavy atom. The van der Waals surface area contributed by atoms with Crippen LogP contribution in [-0.2, 0) is 0 Å². The maximum Gasteiger partial charge on any atom is 0.153 e. The second-order valence-corrected chi connectivity index (χ2v) is 2.97. The minimum Gasteiger partial charge on any atom is -0.0850 e. The van der Waals surface area contributed by atoms with Gasteiger partial charge in [0.15, 0.2) is 6.71 Å². The molecule has 0 aromatic carbocycles. The van der Waals surface area contributed by atoms with Crippen LogP contribution >= 0.6 is 0 Å². The Balaban J connectivity index is 2.16. The van der Waals surface area contributed by atoms with E-state index in [4.69, 9.17) is 0 Å². The predicted octanol–water partition coefficient (Wildman–Crippen LogP) is 1.82. The molecule has 1 spiro atoms. The molecule has 2 rings (SSSR count). The summed E-state index contributed by atoms with van der Waals surface area (Å²) in [6, 6.07) is 0. The third kappa shape index (κ3) is 0.265. The number of allylic oxidation sites excluding steroid dienone is 2. The van der Waals surface area contributed by atoms with Crippen molar-refractivity contribution in [1.29, 1.82) is 0 Å². The van der Waals surface area contributed by atoms with E-state index < -0.39 is 0 Å². The van der Waals surface area contributed by atoms with Crippen LogP contribution in [0.15, 0.2) is 11.6 Å². The molecule has 0 radical (unpaired) electrons. The summed E-state index contributed by atoms with van der Waals surface area (Å²) in [5.74, 6) is 0. The topological polar surface area (TPSA) is 0 Å². The molecule has 2 aliphatic rings. The van der Waals surface area contributed by atoms with Gasteiger partial charge >= 0.3 is 0 Å². The zero-order valence-corrected chi connectivity index (χ0v) is 4.86. The second kappa shape index (κ2) is 0.703. The average molecular weight is 91.9 g/mol. The van der Waals surface area contributed by atoms with Gasteiger partial charge in [0.25, 0.3) is 0 Å². The van der Waals surface area contributed by atoms with E-state index >= 15 is 0 Å². The average Bonchev–Trinajstić information content (AvgIpc) is 2.28. The lowest BCUT2D eigenvalue weighted by Gasteiger charge is -1.80. The summed E-state index contributed by atoms with van der Waals surface area (Å²) in [5, 5.41) is 0.708. The van der Waals surface area contributed by atoms with E-state index in [-0.39, 0.29) is 0 Å². The van der Waals surface area contributed by atoms with Gasteiger partial charge in [0.1, 0.15) is 0 Å². The van der Waals surface area contributed by atoms with Crippen LogP contribution in [0, 0.1) is 0 Å². The molecule has 1 saturated heterocycles. The van der Waals surface area contributed by atoms with E-state index in [2.05, 4.69) is 19.8 Å². The Morgan fingerprint density at radius 2 is 2.29 bits per heavy atom. The molecule has 0 aromatic heterocycles. The van der Waals surface area contributed by atoms with E-state index in [9.17, 15) is 0 Å². The third-order valence-electron chi connectivity index (χ3n) is 2.49. The summed E-state index contributed by atoms with van der Waals surface area (Å²) in [4.78, 5) is 0. The Hall–Kier alpha value is -0.195. The van der Waals surface area contributed by atoms with Crippen LogP contribution in [0.1, 0.15) is 6.92 Å². The molecular weight excluding hydrogens is 82.9 g/mol. The van der Waals surface area contributed by atoms with Crippen molar-refractivity contribution in [3.8, 4) is 0 Å². The fraction of sp³-hybridized carbons (Fsp3) is 0.667. The van der Waals surface area contributed by atoms with E-state index in [1.165, 1.54) is 6.32 Å². The SMILES string of the molecule is CB1CC12C=C2C. The Kier molecular flexibility index (Phi) is 0.378. The largest absolute Gasteiger partial charge is 0.153 e. The molecule has 0 aromatic rings. The first-order chi connectivity index (χ1) is 3.26. The van der Waals surface area contributed by atoms with Crippen molar-refractivity contribution in [2.75, 3.05) is 0 Å². The van der Waals surface area contributed by atoms with Crippen LogP contribution < -0.4 is 0 Å². The van der Waals surface area contributed by atoms with E-state index in [0.717, 1.165) is 6.71 Å². The summed E-state index contributed by atoms with van der Waals surface area (Å²) in [6.07, 6.45) is 3.84. The summed E-state index contributed by atoms with van der Waals surface area (Å²) >= 11 is 0. The van der Waals surface area contributed by atoms with E-state index in [1.54, 1.807) is 5.57 Å². The maximum absolute atomic E-state index is 2.40. The predicted molar refractivity (Wildman–Crippen MR) is 32.9 cm³/mol. The normalized spacial score (nSPS) is 44.3. The Morgan fingerprint density at radius 1 is 1.86 bits per heavy atom. The molecule has 1 heterocycles. The zero-order chi connectivity index (χ0) is 5.07. The zero-order valence-electron chi connectivity index (χ0n) is 4.86. The highest BCUT2D eigenvalue weighted by molar-refractivity contribution is 6.76. The lowest BCUT2D eigenvalue weighted by Crippen LogP contribution is -1.78. The molecule has 36 valence electrons. The van der Waals surface area contributed by atoms with Crippen molar-refractivity contribution in [3.05, 3.63) is 11.6 Å². The minimum absolute atomic E-state index is 0.708. The summed E-state index contributed by atoms with van der Waals surface area (Å²) in [6.45, 7) is 5.56. The molecule has 0 nitrogen and oxygen atoms in total. The monoisotopic (exact) mass is 92.1 g/mol. The second-order valence-electron chi connectivity index (χ2n) is 2.97.